The van der Waals surface area contributed by atoms with Crippen molar-refractivity contribution in [3.63, 3.8) is 0 Å². The van der Waals surface area contributed by atoms with Crippen LogP contribution in [0.1, 0.15) is 43.6 Å². The Morgan fingerprint density at radius 1 is 0.591 bits per heavy atom. The van der Waals surface area contributed by atoms with E-state index in [4.69, 9.17) is 0 Å². The highest BCUT2D eigenvalue weighted by Crippen LogP contribution is 2.51. The van der Waals surface area contributed by atoms with Gasteiger partial charge >= 0.3 is 0 Å². The van der Waals surface area contributed by atoms with E-state index >= 15 is 0 Å². The van der Waals surface area contributed by atoms with Gasteiger partial charge in [-0.25, -0.2) is 0 Å². The number of allylic oxidation sites excluding steroid dienone is 8. The molecule has 9 atom stereocenters. The topological polar surface area (TPSA) is 6.48 Å². The van der Waals surface area contributed by atoms with Crippen LogP contribution in [-0.2, 0) is 0 Å². The molecule has 0 saturated carbocycles. The van der Waals surface area contributed by atoms with Crippen LogP contribution < -0.4 is 9.80 Å². The summed E-state index contributed by atoms with van der Waals surface area (Å²) in [5.74, 6) is 2.56. The lowest BCUT2D eigenvalue weighted by Gasteiger charge is -2.38. The number of hydrogen-bond donors (Lipinski definition) is 0. The van der Waals surface area contributed by atoms with Gasteiger partial charge in [0.1, 0.15) is 0 Å². The molecule has 2 aliphatic heterocycles. The van der Waals surface area contributed by atoms with E-state index in [2.05, 4.69) is 149 Å². The third-order valence-electron chi connectivity index (χ3n) is 11.6. The van der Waals surface area contributed by atoms with Crippen molar-refractivity contribution in [1.82, 2.24) is 0 Å². The Hall–Kier alpha value is -4.04. The van der Waals surface area contributed by atoms with Crippen LogP contribution >= 0.6 is 0 Å². The fraction of sp³-hybridized carbons (Fsp3) is 0.333. The van der Waals surface area contributed by atoms with Crippen molar-refractivity contribution in [3.8, 4) is 0 Å². The molecule has 7 aliphatic rings. The van der Waals surface area contributed by atoms with Crippen LogP contribution in [-0.4, -0.2) is 24.2 Å². The minimum absolute atomic E-state index is 0.356. The largest absolute Gasteiger partial charge is 0.360 e. The number of hydrogen-bond acceptors (Lipinski definition) is 2. The minimum atomic E-state index is 0.356. The van der Waals surface area contributed by atoms with E-state index in [1.807, 2.05) is 0 Å². The van der Waals surface area contributed by atoms with Crippen molar-refractivity contribution in [2.75, 3.05) is 9.80 Å². The molecule has 2 heteroatoms. The van der Waals surface area contributed by atoms with Gasteiger partial charge in [0.15, 0.2) is 0 Å². The van der Waals surface area contributed by atoms with Gasteiger partial charge < -0.3 is 9.80 Å². The number of rotatable bonds is 4. The third-order valence-corrected chi connectivity index (χ3v) is 11.6. The van der Waals surface area contributed by atoms with E-state index in [0.29, 0.717) is 53.8 Å². The summed E-state index contributed by atoms with van der Waals surface area (Å²) in [6.07, 6.45) is 40.3. The molecule has 0 N–H and O–H groups in total. The first-order chi connectivity index (χ1) is 21.8. The second-order valence-corrected chi connectivity index (χ2v) is 13.8. The first kappa shape index (κ1) is 26.4. The first-order valence-electron chi connectivity index (χ1n) is 17.0. The highest BCUT2D eigenvalue weighted by Gasteiger charge is 2.51. The van der Waals surface area contributed by atoms with Gasteiger partial charge in [-0.1, -0.05) is 115 Å². The maximum atomic E-state index is 2.83. The molecule has 2 aromatic carbocycles. The molecular weight excluding hydrogens is 532 g/mol. The van der Waals surface area contributed by atoms with Crippen molar-refractivity contribution in [3.05, 3.63) is 156 Å². The predicted molar refractivity (Wildman–Crippen MR) is 184 cm³/mol. The average Bonchev–Trinajstić information content (AvgIpc) is 3.62. The average molecular weight is 575 g/mol. The zero-order valence-corrected chi connectivity index (χ0v) is 25.4. The molecule has 0 spiro atoms. The Bertz CT molecular complexity index is 1650. The van der Waals surface area contributed by atoms with Crippen molar-refractivity contribution in [2.24, 2.45) is 23.7 Å². The molecular formula is C42H42N2. The van der Waals surface area contributed by atoms with Crippen molar-refractivity contribution in [2.45, 2.75) is 62.2 Å². The highest BCUT2D eigenvalue weighted by atomic mass is 15.2. The van der Waals surface area contributed by atoms with Crippen molar-refractivity contribution < 1.29 is 0 Å². The lowest BCUT2D eigenvalue weighted by molar-refractivity contribution is 0.456. The SMILES string of the molecule is C1=CC2C3C=C(C4=CC=CC5C6C=CCCC6N(c6ccc(C7C=CCCC7)cc6)C45)C=CC3N(c3ccccc3)C2C=C1. The Morgan fingerprint density at radius 3 is 2.25 bits per heavy atom. The van der Waals surface area contributed by atoms with Gasteiger partial charge in [0.25, 0.3) is 0 Å². The summed E-state index contributed by atoms with van der Waals surface area (Å²) in [6, 6.07) is 22.4. The van der Waals surface area contributed by atoms with Gasteiger partial charge in [0.05, 0.1) is 18.1 Å². The fourth-order valence-corrected chi connectivity index (χ4v) is 9.62. The molecule has 0 aromatic heterocycles. The van der Waals surface area contributed by atoms with Gasteiger partial charge in [0, 0.05) is 47.0 Å². The van der Waals surface area contributed by atoms with Crippen LogP contribution in [0.2, 0.25) is 0 Å². The Morgan fingerprint density at radius 2 is 1.39 bits per heavy atom. The number of anilines is 2. The fourth-order valence-electron chi connectivity index (χ4n) is 9.62. The van der Waals surface area contributed by atoms with Crippen LogP contribution in [0.25, 0.3) is 0 Å². The molecule has 0 amide bonds. The van der Waals surface area contributed by atoms with Crippen LogP contribution in [0.3, 0.4) is 0 Å². The molecule has 2 nitrogen and oxygen atoms in total. The highest BCUT2D eigenvalue weighted by molar-refractivity contribution is 5.63. The van der Waals surface area contributed by atoms with E-state index in [1.165, 1.54) is 60.2 Å². The third kappa shape index (κ3) is 4.21. The van der Waals surface area contributed by atoms with E-state index in [9.17, 15) is 0 Å². The van der Waals surface area contributed by atoms with Gasteiger partial charge in [-0.3, -0.25) is 0 Å². The summed E-state index contributed by atoms with van der Waals surface area (Å²) >= 11 is 0. The van der Waals surface area contributed by atoms with E-state index in [-0.39, 0.29) is 0 Å². The summed E-state index contributed by atoms with van der Waals surface area (Å²) in [5.41, 5.74) is 7.11. The molecule has 2 saturated heterocycles. The zero-order valence-electron chi connectivity index (χ0n) is 25.4. The van der Waals surface area contributed by atoms with E-state index < -0.39 is 0 Å². The van der Waals surface area contributed by atoms with Gasteiger partial charge in [-0.05, 0) is 73.1 Å². The van der Waals surface area contributed by atoms with Crippen LogP contribution in [0.15, 0.2) is 151 Å². The van der Waals surface area contributed by atoms with Crippen molar-refractivity contribution in [1.29, 1.82) is 0 Å². The molecule has 2 fully saturated rings. The molecule has 2 heterocycles. The first-order valence-corrected chi connectivity index (χ1v) is 17.0. The summed E-state index contributed by atoms with van der Waals surface area (Å²) in [6.45, 7) is 0. The Balaban J connectivity index is 1.08. The second-order valence-electron chi connectivity index (χ2n) is 13.8. The smallest absolute Gasteiger partial charge is 0.0620 e. The normalized spacial score (nSPS) is 36.0. The van der Waals surface area contributed by atoms with Crippen LogP contribution in [0.4, 0.5) is 11.4 Å². The summed E-state index contributed by atoms with van der Waals surface area (Å²) < 4.78 is 0. The van der Waals surface area contributed by atoms with Gasteiger partial charge in [0.2, 0.25) is 0 Å². The Kier molecular flexibility index (Phi) is 6.50. The minimum Gasteiger partial charge on any atom is -0.360 e. The van der Waals surface area contributed by atoms with E-state index in [1.54, 1.807) is 0 Å². The lowest BCUT2D eigenvalue weighted by Crippen LogP contribution is -2.41. The van der Waals surface area contributed by atoms with Crippen LogP contribution in [0, 0.1) is 23.7 Å². The second kappa shape index (κ2) is 10.8. The molecule has 5 aliphatic carbocycles. The lowest BCUT2D eigenvalue weighted by atomic mass is 9.75. The Labute approximate surface area is 262 Å². The molecule has 2 aromatic rings. The molecule has 220 valence electrons. The number of nitrogens with zero attached hydrogens (tertiary/aromatic N) is 2. The van der Waals surface area contributed by atoms with E-state index in [0.717, 1.165) is 0 Å². The maximum Gasteiger partial charge on any atom is 0.0620 e. The van der Waals surface area contributed by atoms with Gasteiger partial charge in [-0.15, -0.1) is 0 Å². The maximum absolute atomic E-state index is 2.83. The summed E-state index contributed by atoms with van der Waals surface area (Å²) in [4.78, 5) is 5.48. The predicted octanol–water partition coefficient (Wildman–Crippen LogP) is 9.26. The molecule has 9 unspecified atom stereocenters. The zero-order chi connectivity index (χ0) is 29.0. The number of fused-ring (bicyclic) bond motifs is 6. The molecule has 44 heavy (non-hydrogen) atoms. The quantitative estimate of drug-likeness (QED) is 0.336. The van der Waals surface area contributed by atoms with Crippen LogP contribution in [0.5, 0.6) is 0 Å². The molecule has 9 rings (SSSR count). The monoisotopic (exact) mass is 574 g/mol. The van der Waals surface area contributed by atoms with Crippen molar-refractivity contribution >= 4 is 11.4 Å². The summed E-state index contributed by atoms with van der Waals surface area (Å²) in [7, 11) is 0. The number of para-hydroxylation sites is 1. The standard InChI is InChI=1S/C42H42N2/c1-3-12-29(13-4-1)30-22-25-33(26-23-30)44-40-21-10-7-16-35(40)37-19-11-18-34(42(37)44)31-24-27-41-38(28-31)36-17-8-9-20-39(36)43(41)32-14-5-2-6-15-32/h2-3,5-9,11-12,14-20,22-29,35-42H,1,4,10,13,21H2. The van der Waals surface area contributed by atoms with Gasteiger partial charge in [-0.2, -0.15) is 0 Å². The summed E-state index contributed by atoms with van der Waals surface area (Å²) in [5, 5.41) is 0. The molecule has 0 radical (unpaired) electrons. The molecule has 0 bridgehead atoms. The number of benzene rings is 2.